The van der Waals surface area contributed by atoms with Crippen LogP contribution in [0.1, 0.15) is 38.4 Å². The van der Waals surface area contributed by atoms with Crippen LogP contribution >= 0.6 is 0 Å². The molecule has 1 aliphatic heterocycles. The lowest BCUT2D eigenvalue weighted by atomic mass is 9.93. The highest BCUT2D eigenvalue weighted by atomic mass is 16.6. The van der Waals surface area contributed by atoms with Crippen LogP contribution in [0, 0.1) is 5.92 Å². The molecule has 0 saturated carbocycles. The van der Waals surface area contributed by atoms with E-state index in [9.17, 15) is 14.4 Å². The van der Waals surface area contributed by atoms with E-state index >= 15 is 0 Å². The number of Topliss-reactive ketones (excluding diaryl/α,β-unsaturated/α-hetero) is 1. The Bertz CT molecular complexity index is 977. The van der Waals surface area contributed by atoms with Crippen molar-refractivity contribution in [1.82, 2.24) is 15.6 Å². The number of epoxide rings is 1. The second-order valence-electron chi connectivity index (χ2n) is 9.46. The van der Waals surface area contributed by atoms with Crippen molar-refractivity contribution in [1.29, 1.82) is 0 Å². The maximum Gasteiger partial charge on any atom is 0.243 e. The average molecular weight is 467 g/mol. The van der Waals surface area contributed by atoms with Gasteiger partial charge >= 0.3 is 0 Å². The fraction of sp³-hybridized carbons (Fsp3) is 0.462. The molecule has 0 bridgehead atoms. The fourth-order valence-corrected chi connectivity index (χ4v) is 3.77. The van der Waals surface area contributed by atoms with Crippen LogP contribution in [0.2, 0.25) is 0 Å². The summed E-state index contributed by atoms with van der Waals surface area (Å²) < 4.78 is 5.32. The first kappa shape index (κ1) is 25.5. The molecular weight excluding hydrogens is 432 g/mol. The third kappa shape index (κ3) is 7.20. The van der Waals surface area contributed by atoms with Crippen LogP contribution in [-0.2, 0) is 32.0 Å². The normalized spacial score (nSPS) is 19.7. The summed E-state index contributed by atoms with van der Waals surface area (Å²) in [5.41, 5.74) is 6.84. The molecule has 1 aromatic heterocycles. The number of amides is 2. The van der Waals surface area contributed by atoms with Crippen LogP contribution in [0.4, 0.5) is 0 Å². The minimum Gasteiger partial charge on any atom is -0.361 e. The largest absolute Gasteiger partial charge is 0.361 e. The number of ketones is 1. The lowest BCUT2D eigenvalue weighted by Gasteiger charge is -2.26. The van der Waals surface area contributed by atoms with Gasteiger partial charge in [-0.05, 0) is 37.0 Å². The SMILES string of the molecule is CC(C)CC(NC(=O)[C@H](Cc1ccccc1)NC(=O)C(N)Cc1ccccn1)C(=O)[C@@]1(C)CO1. The number of nitrogens with two attached hydrogens (primary N) is 1. The monoisotopic (exact) mass is 466 g/mol. The standard InChI is InChI=1S/C26H34N4O4/c1-17(2)13-21(23(31)26(3)16-34-26)29-25(33)22(14-18-9-5-4-6-10-18)30-24(32)20(27)15-19-11-7-8-12-28-19/h4-12,17,20-22H,13-16,27H2,1-3H3,(H,29,33)(H,30,32)/t20?,21?,22-,26+/m0/s1. The molecule has 0 spiro atoms. The predicted octanol–water partition coefficient (Wildman–Crippen LogP) is 1.57. The number of pyridine rings is 1. The van der Waals surface area contributed by atoms with Gasteiger partial charge in [-0.25, -0.2) is 0 Å². The topological polar surface area (TPSA) is 127 Å². The molecule has 1 aliphatic rings. The maximum atomic E-state index is 13.3. The Kier molecular flexibility index (Phi) is 8.52. The molecule has 2 aromatic rings. The Morgan fingerprint density at radius 3 is 2.24 bits per heavy atom. The van der Waals surface area contributed by atoms with Gasteiger partial charge in [0.15, 0.2) is 5.78 Å². The van der Waals surface area contributed by atoms with Crippen LogP contribution in [0.25, 0.3) is 0 Å². The summed E-state index contributed by atoms with van der Waals surface area (Å²) in [5.74, 6) is -0.840. The van der Waals surface area contributed by atoms with E-state index in [0.717, 1.165) is 5.56 Å². The summed E-state index contributed by atoms with van der Waals surface area (Å²) in [6, 6.07) is 12.4. The van der Waals surface area contributed by atoms with E-state index in [4.69, 9.17) is 10.5 Å². The predicted molar refractivity (Wildman–Crippen MR) is 129 cm³/mol. The molecule has 4 N–H and O–H groups in total. The number of carbonyl (C=O) groups excluding carboxylic acids is 3. The van der Waals surface area contributed by atoms with Gasteiger partial charge in [-0.1, -0.05) is 50.2 Å². The number of aromatic nitrogens is 1. The van der Waals surface area contributed by atoms with Gasteiger partial charge < -0.3 is 21.1 Å². The molecule has 1 saturated heterocycles. The lowest BCUT2D eigenvalue weighted by Crippen LogP contribution is -2.56. The number of hydrogen-bond acceptors (Lipinski definition) is 6. The fourth-order valence-electron chi connectivity index (χ4n) is 3.77. The van der Waals surface area contributed by atoms with E-state index in [2.05, 4.69) is 15.6 Å². The van der Waals surface area contributed by atoms with Gasteiger partial charge in [0, 0.05) is 24.7 Å². The summed E-state index contributed by atoms with van der Waals surface area (Å²) in [4.78, 5) is 43.4. The first-order valence-electron chi connectivity index (χ1n) is 11.7. The van der Waals surface area contributed by atoms with Crippen LogP contribution in [0.3, 0.4) is 0 Å². The van der Waals surface area contributed by atoms with Crippen molar-refractivity contribution in [2.24, 2.45) is 11.7 Å². The summed E-state index contributed by atoms with van der Waals surface area (Å²) in [6.45, 7) is 6.06. The number of benzene rings is 1. The Balaban J connectivity index is 1.73. The van der Waals surface area contributed by atoms with Gasteiger partial charge in [0.2, 0.25) is 11.8 Å². The number of hydrogen-bond donors (Lipinski definition) is 3. The van der Waals surface area contributed by atoms with E-state index < -0.39 is 35.5 Å². The van der Waals surface area contributed by atoms with Gasteiger partial charge in [-0.2, -0.15) is 0 Å². The van der Waals surface area contributed by atoms with Crippen LogP contribution < -0.4 is 16.4 Å². The molecule has 2 unspecified atom stereocenters. The molecule has 1 fully saturated rings. The van der Waals surface area contributed by atoms with Gasteiger partial charge in [0.25, 0.3) is 0 Å². The molecule has 34 heavy (non-hydrogen) atoms. The molecule has 182 valence electrons. The van der Waals surface area contributed by atoms with Crippen LogP contribution in [0.5, 0.6) is 0 Å². The lowest BCUT2D eigenvalue weighted by molar-refractivity contribution is -0.133. The molecule has 4 atom stereocenters. The zero-order valence-electron chi connectivity index (χ0n) is 20.0. The molecule has 1 aromatic carbocycles. The van der Waals surface area contributed by atoms with Crippen molar-refractivity contribution in [3.63, 3.8) is 0 Å². The molecule has 8 nitrogen and oxygen atoms in total. The van der Waals surface area contributed by atoms with Gasteiger partial charge in [0.05, 0.1) is 18.7 Å². The Morgan fingerprint density at radius 1 is 1.00 bits per heavy atom. The summed E-state index contributed by atoms with van der Waals surface area (Å²) >= 11 is 0. The number of ether oxygens (including phenoxy) is 1. The molecule has 2 amide bonds. The Hall–Kier alpha value is -3.10. The first-order chi connectivity index (χ1) is 16.2. The van der Waals surface area contributed by atoms with Gasteiger partial charge in [-0.15, -0.1) is 0 Å². The zero-order valence-corrected chi connectivity index (χ0v) is 20.0. The molecule has 2 heterocycles. The molecule has 3 rings (SSSR count). The minimum absolute atomic E-state index is 0.147. The second kappa shape index (κ2) is 11.4. The summed E-state index contributed by atoms with van der Waals surface area (Å²) in [6.07, 6.45) is 2.64. The molecular formula is C26H34N4O4. The number of rotatable bonds is 12. The van der Waals surface area contributed by atoms with Gasteiger partial charge in [0.1, 0.15) is 11.6 Å². The van der Waals surface area contributed by atoms with Crippen LogP contribution in [0.15, 0.2) is 54.7 Å². The molecule has 0 aliphatic carbocycles. The number of nitrogens with one attached hydrogen (secondary N) is 2. The first-order valence-corrected chi connectivity index (χ1v) is 11.7. The van der Waals surface area contributed by atoms with Crippen molar-refractivity contribution in [3.8, 4) is 0 Å². The number of nitrogens with zero attached hydrogens (tertiary/aromatic N) is 1. The maximum absolute atomic E-state index is 13.3. The van der Waals surface area contributed by atoms with E-state index in [0.29, 0.717) is 18.7 Å². The molecule has 0 radical (unpaired) electrons. The van der Waals surface area contributed by atoms with Crippen molar-refractivity contribution in [2.75, 3.05) is 6.61 Å². The van der Waals surface area contributed by atoms with Crippen molar-refractivity contribution in [3.05, 3.63) is 66.0 Å². The van der Waals surface area contributed by atoms with E-state index in [1.54, 1.807) is 25.3 Å². The molecule has 8 heteroatoms. The van der Waals surface area contributed by atoms with E-state index in [1.165, 1.54) is 0 Å². The van der Waals surface area contributed by atoms with Crippen molar-refractivity contribution >= 4 is 17.6 Å². The zero-order chi connectivity index (χ0) is 24.7. The number of carbonyl (C=O) groups is 3. The third-order valence-electron chi connectivity index (χ3n) is 5.85. The van der Waals surface area contributed by atoms with E-state index in [1.807, 2.05) is 50.2 Å². The Morgan fingerprint density at radius 2 is 1.65 bits per heavy atom. The summed E-state index contributed by atoms with van der Waals surface area (Å²) in [5, 5.41) is 5.66. The highest BCUT2D eigenvalue weighted by Crippen LogP contribution is 2.29. The average Bonchev–Trinajstić information content (AvgIpc) is 3.57. The minimum atomic E-state index is -0.889. The Labute approximate surface area is 200 Å². The van der Waals surface area contributed by atoms with Crippen molar-refractivity contribution in [2.45, 2.75) is 63.8 Å². The third-order valence-corrected chi connectivity index (χ3v) is 5.85. The summed E-state index contributed by atoms with van der Waals surface area (Å²) in [7, 11) is 0. The van der Waals surface area contributed by atoms with Crippen molar-refractivity contribution < 1.29 is 19.1 Å². The quantitative estimate of drug-likeness (QED) is 0.408. The van der Waals surface area contributed by atoms with Crippen LogP contribution in [-0.4, -0.2) is 52.9 Å². The second-order valence-corrected chi connectivity index (χ2v) is 9.46. The van der Waals surface area contributed by atoms with Gasteiger partial charge in [-0.3, -0.25) is 19.4 Å². The smallest absolute Gasteiger partial charge is 0.243 e. The highest BCUT2D eigenvalue weighted by molar-refractivity contribution is 5.98. The van der Waals surface area contributed by atoms with E-state index in [-0.39, 0.29) is 24.5 Å². The highest BCUT2D eigenvalue weighted by Gasteiger charge is 2.50.